The summed E-state index contributed by atoms with van der Waals surface area (Å²) in [6.07, 6.45) is 1.76. The molecule has 0 aromatic heterocycles. The molecule has 19 heavy (non-hydrogen) atoms. The van der Waals surface area contributed by atoms with Crippen LogP contribution in [0.5, 0.6) is 5.75 Å². The van der Waals surface area contributed by atoms with Gasteiger partial charge in [0, 0.05) is 12.1 Å². The zero-order valence-corrected chi connectivity index (χ0v) is 12.4. The van der Waals surface area contributed by atoms with E-state index in [-0.39, 0.29) is 17.7 Å². The van der Waals surface area contributed by atoms with E-state index in [1.54, 1.807) is 0 Å². The summed E-state index contributed by atoms with van der Waals surface area (Å²) in [6.45, 7) is 9.20. The minimum Gasteiger partial charge on any atom is -0.489 e. The zero-order valence-electron chi connectivity index (χ0n) is 12.4. The number of β-amino-alcohol motifs (C(OH)–C–C–N with tert-alkyl or cyclic N) is 1. The second-order valence-corrected chi connectivity index (χ2v) is 6.25. The Morgan fingerprint density at radius 1 is 1.32 bits per heavy atom. The Balaban J connectivity index is 2.33. The average Bonchev–Trinajstić information content (AvgIpc) is 2.33. The summed E-state index contributed by atoms with van der Waals surface area (Å²) in [4.78, 5) is 2.28. The van der Waals surface area contributed by atoms with Gasteiger partial charge in [0.2, 0.25) is 0 Å². The molecule has 3 nitrogen and oxygen atoms in total. The van der Waals surface area contributed by atoms with Gasteiger partial charge in [-0.3, -0.25) is 0 Å². The summed E-state index contributed by atoms with van der Waals surface area (Å²) in [7, 11) is 0. The quantitative estimate of drug-likeness (QED) is 0.909. The van der Waals surface area contributed by atoms with Crippen LogP contribution in [0.1, 0.15) is 40.5 Å². The highest BCUT2D eigenvalue weighted by atomic mass is 16.5. The van der Waals surface area contributed by atoms with Crippen LogP contribution >= 0.6 is 0 Å². The van der Waals surface area contributed by atoms with E-state index in [0.29, 0.717) is 6.54 Å². The van der Waals surface area contributed by atoms with Crippen LogP contribution in [-0.2, 0) is 0 Å². The van der Waals surface area contributed by atoms with Gasteiger partial charge < -0.3 is 14.7 Å². The van der Waals surface area contributed by atoms with Crippen molar-refractivity contribution in [2.24, 2.45) is 0 Å². The fourth-order valence-corrected chi connectivity index (χ4v) is 2.66. The van der Waals surface area contributed by atoms with Gasteiger partial charge in [0.25, 0.3) is 0 Å². The van der Waals surface area contributed by atoms with Crippen LogP contribution in [0.3, 0.4) is 0 Å². The number of hydrogen-bond donors (Lipinski definition) is 1. The van der Waals surface area contributed by atoms with Crippen molar-refractivity contribution in [3.8, 4) is 5.75 Å². The molecule has 0 aliphatic carbocycles. The molecule has 3 heteroatoms. The number of benzene rings is 1. The monoisotopic (exact) mass is 263 g/mol. The van der Waals surface area contributed by atoms with Crippen molar-refractivity contribution in [3.05, 3.63) is 24.3 Å². The highest BCUT2D eigenvalue weighted by molar-refractivity contribution is 5.60. The standard InChI is InChI=1S/C16H25NO2/c1-12(2)19-15-8-6-5-7-14(15)17-11-13(18)9-10-16(17,3)4/h5-8,12-13,18H,9-11H2,1-4H3. The molecule has 0 bridgehead atoms. The van der Waals surface area contributed by atoms with E-state index in [4.69, 9.17) is 4.74 Å². The second kappa shape index (κ2) is 5.41. The molecular formula is C16H25NO2. The van der Waals surface area contributed by atoms with Crippen LogP contribution in [0, 0.1) is 0 Å². The van der Waals surface area contributed by atoms with E-state index in [1.807, 2.05) is 32.0 Å². The molecule has 1 fully saturated rings. The van der Waals surface area contributed by atoms with E-state index < -0.39 is 0 Å². The predicted octanol–water partition coefficient (Wildman–Crippen LogP) is 3.21. The van der Waals surface area contributed by atoms with Crippen LogP contribution in [0.25, 0.3) is 0 Å². The third-order valence-corrected chi connectivity index (χ3v) is 3.73. The van der Waals surface area contributed by atoms with Crippen LogP contribution in [-0.4, -0.2) is 29.4 Å². The van der Waals surface area contributed by atoms with Crippen LogP contribution in [0.4, 0.5) is 5.69 Å². The Morgan fingerprint density at radius 3 is 2.68 bits per heavy atom. The average molecular weight is 263 g/mol. The maximum atomic E-state index is 9.96. The van der Waals surface area contributed by atoms with Crippen molar-refractivity contribution >= 4 is 5.69 Å². The summed E-state index contributed by atoms with van der Waals surface area (Å²) < 4.78 is 5.90. The first-order valence-electron chi connectivity index (χ1n) is 7.11. The van der Waals surface area contributed by atoms with E-state index in [0.717, 1.165) is 24.3 Å². The summed E-state index contributed by atoms with van der Waals surface area (Å²) in [5.41, 5.74) is 1.13. The molecule has 1 unspecified atom stereocenters. The summed E-state index contributed by atoms with van der Waals surface area (Å²) >= 11 is 0. The molecule has 0 spiro atoms. The summed E-state index contributed by atoms with van der Waals surface area (Å²) in [5, 5.41) is 9.96. The van der Waals surface area contributed by atoms with E-state index in [2.05, 4.69) is 24.8 Å². The van der Waals surface area contributed by atoms with Gasteiger partial charge in [-0.05, 0) is 52.7 Å². The van der Waals surface area contributed by atoms with Crippen molar-refractivity contribution in [2.45, 2.75) is 58.3 Å². The topological polar surface area (TPSA) is 32.7 Å². The number of aliphatic hydroxyl groups is 1. The SMILES string of the molecule is CC(C)Oc1ccccc1N1CC(O)CCC1(C)C. The number of anilines is 1. The van der Waals surface area contributed by atoms with Gasteiger partial charge in [-0.2, -0.15) is 0 Å². The number of nitrogens with zero attached hydrogens (tertiary/aromatic N) is 1. The molecule has 0 amide bonds. The molecule has 0 saturated carbocycles. The lowest BCUT2D eigenvalue weighted by Crippen LogP contribution is -2.52. The molecule has 1 aliphatic heterocycles. The van der Waals surface area contributed by atoms with E-state index >= 15 is 0 Å². The van der Waals surface area contributed by atoms with E-state index in [1.165, 1.54) is 0 Å². The Bertz CT molecular complexity index is 429. The lowest BCUT2D eigenvalue weighted by atomic mass is 9.88. The largest absolute Gasteiger partial charge is 0.489 e. The molecular weight excluding hydrogens is 238 g/mol. The van der Waals surface area contributed by atoms with Gasteiger partial charge in [0.05, 0.1) is 17.9 Å². The summed E-state index contributed by atoms with van der Waals surface area (Å²) in [6, 6.07) is 8.11. The van der Waals surface area contributed by atoms with Crippen molar-refractivity contribution in [1.29, 1.82) is 0 Å². The van der Waals surface area contributed by atoms with Crippen LogP contribution < -0.4 is 9.64 Å². The normalized spacial score (nSPS) is 22.6. The van der Waals surface area contributed by atoms with Crippen molar-refractivity contribution in [1.82, 2.24) is 0 Å². The van der Waals surface area contributed by atoms with Gasteiger partial charge in [0.1, 0.15) is 5.75 Å². The van der Waals surface area contributed by atoms with Crippen molar-refractivity contribution in [2.75, 3.05) is 11.4 Å². The highest BCUT2D eigenvalue weighted by Gasteiger charge is 2.34. The fourth-order valence-electron chi connectivity index (χ4n) is 2.66. The molecule has 1 aromatic rings. The molecule has 1 aromatic carbocycles. The summed E-state index contributed by atoms with van der Waals surface area (Å²) in [5.74, 6) is 0.902. The Kier molecular flexibility index (Phi) is 4.04. The number of hydrogen-bond acceptors (Lipinski definition) is 3. The first-order chi connectivity index (χ1) is 8.90. The van der Waals surface area contributed by atoms with Gasteiger partial charge in [-0.15, -0.1) is 0 Å². The first kappa shape index (κ1) is 14.2. The van der Waals surface area contributed by atoms with Gasteiger partial charge in [0.15, 0.2) is 0 Å². The smallest absolute Gasteiger partial charge is 0.142 e. The third kappa shape index (κ3) is 3.21. The number of piperidine rings is 1. The fraction of sp³-hybridized carbons (Fsp3) is 0.625. The van der Waals surface area contributed by atoms with Crippen molar-refractivity contribution < 1.29 is 9.84 Å². The Hall–Kier alpha value is -1.22. The predicted molar refractivity (Wildman–Crippen MR) is 78.9 cm³/mol. The lowest BCUT2D eigenvalue weighted by molar-refractivity contribution is 0.125. The van der Waals surface area contributed by atoms with Crippen LogP contribution in [0.2, 0.25) is 0 Å². The molecule has 1 heterocycles. The zero-order chi connectivity index (χ0) is 14.0. The number of ether oxygens (including phenoxy) is 1. The molecule has 106 valence electrons. The molecule has 1 N–H and O–H groups in total. The Labute approximate surface area is 116 Å². The Morgan fingerprint density at radius 2 is 2.00 bits per heavy atom. The number of para-hydroxylation sites is 2. The van der Waals surface area contributed by atoms with Gasteiger partial charge in [-0.1, -0.05) is 12.1 Å². The minimum absolute atomic E-state index is 0.0513. The van der Waals surface area contributed by atoms with Crippen molar-refractivity contribution in [3.63, 3.8) is 0 Å². The second-order valence-electron chi connectivity index (χ2n) is 6.25. The minimum atomic E-state index is -0.250. The van der Waals surface area contributed by atoms with E-state index in [9.17, 15) is 5.11 Å². The van der Waals surface area contributed by atoms with Gasteiger partial charge in [-0.25, -0.2) is 0 Å². The molecule has 1 saturated heterocycles. The molecule has 1 atom stereocenters. The molecule has 1 aliphatic rings. The number of rotatable bonds is 3. The van der Waals surface area contributed by atoms with Gasteiger partial charge >= 0.3 is 0 Å². The first-order valence-corrected chi connectivity index (χ1v) is 7.11. The molecule has 2 rings (SSSR count). The number of aliphatic hydroxyl groups excluding tert-OH is 1. The third-order valence-electron chi connectivity index (χ3n) is 3.73. The lowest BCUT2D eigenvalue weighted by Gasteiger charge is -2.46. The maximum absolute atomic E-state index is 9.96. The molecule has 0 radical (unpaired) electrons. The maximum Gasteiger partial charge on any atom is 0.142 e. The van der Waals surface area contributed by atoms with Crippen LogP contribution in [0.15, 0.2) is 24.3 Å². The highest BCUT2D eigenvalue weighted by Crippen LogP contribution is 2.38.